The first kappa shape index (κ1) is 30.2. The van der Waals surface area contributed by atoms with Gasteiger partial charge in [-0.2, -0.15) is 0 Å². The predicted octanol–water partition coefficient (Wildman–Crippen LogP) is 6.77. The van der Waals surface area contributed by atoms with Gasteiger partial charge in [0.2, 0.25) is 5.91 Å². The number of rotatable bonds is 11. The molecule has 6 nitrogen and oxygen atoms in total. The first-order valence-corrected chi connectivity index (χ1v) is 13.5. The highest BCUT2D eigenvalue weighted by atomic mass is 35.5. The Bertz CT molecular complexity index is 1260. The minimum Gasteiger partial charge on any atom is -0.450 e. The van der Waals surface area contributed by atoms with Crippen LogP contribution in [-0.4, -0.2) is 47.0 Å². The number of carbonyl (C=O) groups excluding carboxylic acids is 2. The second-order valence-corrected chi connectivity index (χ2v) is 10.6. The van der Waals surface area contributed by atoms with Crippen LogP contribution in [0.3, 0.4) is 0 Å². The molecule has 0 aliphatic rings. The molecule has 9 heteroatoms. The summed E-state index contributed by atoms with van der Waals surface area (Å²) >= 11 is 6.06. The Kier molecular flexibility index (Phi) is 10.5. The monoisotopic (exact) mass is 559 g/mol. The molecular formula is C30H36ClF2N3O3. The van der Waals surface area contributed by atoms with Crippen molar-refractivity contribution in [1.82, 2.24) is 14.8 Å². The van der Waals surface area contributed by atoms with E-state index in [0.29, 0.717) is 31.6 Å². The lowest BCUT2D eigenvalue weighted by Gasteiger charge is -2.41. The van der Waals surface area contributed by atoms with Gasteiger partial charge in [-0.3, -0.25) is 4.79 Å². The minimum atomic E-state index is -0.538. The van der Waals surface area contributed by atoms with E-state index in [9.17, 15) is 18.4 Å². The number of hydrogen-bond acceptors (Lipinski definition) is 3. The van der Waals surface area contributed by atoms with Crippen molar-refractivity contribution in [3.63, 3.8) is 0 Å². The van der Waals surface area contributed by atoms with E-state index in [1.54, 1.807) is 18.0 Å². The molecule has 0 saturated heterocycles. The summed E-state index contributed by atoms with van der Waals surface area (Å²) in [5.74, 6) is -1.56. The fraction of sp³-hybridized carbons (Fsp3) is 0.400. The number of alkyl halides is 1. The molecule has 0 radical (unpaired) electrons. The van der Waals surface area contributed by atoms with E-state index < -0.39 is 29.2 Å². The number of alkyl carbamates (subject to hydrolysis) is 1. The SMILES string of the molecule is CCOC(=O)NCCCN(C(=O)CCl)C(c1cc(-c2cc(F)ccc2F)cn1Cc1ccccc1)C(C)(C)C. The van der Waals surface area contributed by atoms with Crippen LogP contribution in [0, 0.1) is 17.0 Å². The van der Waals surface area contributed by atoms with Gasteiger partial charge < -0.3 is 19.5 Å². The van der Waals surface area contributed by atoms with Crippen molar-refractivity contribution in [2.24, 2.45) is 5.41 Å². The molecule has 1 heterocycles. The maximum absolute atomic E-state index is 14.8. The number of halogens is 3. The molecule has 2 amide bonds. The second kappa shape index (κ2) is 13.6. The normalized spacial score (nSPS) is 12.2. The fourth-order valence-electron chi connectivity index (χ4n) is 4.71. The summed E-state index contributed by atoms with van der Waals surface area (Å²) in [6.07, 6.45) is 1.75. The molecule has 210 valence electrons. The van der Waals surface area contributed by atoms with Gasteiger partial charge in [0, 0.05) is 42.7 Å². The zero-order valence-electron chi connectivity index (χ0n) is 22.8. The third-order valence-electron chi connectivity index (χ3n) is 6.33. The summed E-state index contributed by atoms with van der Waals surface area (Å²) in [6, 6.07) is 14.5. The van der Waals surface area contributed by atoms with E-state index in [-0.39, 0.29) is 24.0 Å². The maximum atomic E-state index is 14.8. The van der Waals surface area contributed by atoms with E-state index >= 15 is 0 Å². The van der Waals surface area contributed by atoms with Crippen LogP contribution in [0.4, 0.5) is 13.6 Å². The van der Waals surface area contributed by atoms with Crippen molar-refractivity contribution in [3.05, 3.63) is 83.7 Å². The molecule has 1 aromatic heterocycles. The van der Waals surface area contributed by atoms with Gasteiger partial charge in [-0.15, -0.1) is 11.6 Å². The number of nitrogens with one attached hydrogen (secondary N) is 1. The number of benzene rings is 2. The molecule has 2 aromatic carbocycles. The maximum Gasteiger partial charge on any atom is 0.407 e. The summed E-state index contributed by atoms with van der Waals surface area (Å²) in [7, 11) is 0. The Labute approximate surface area is 233 Å². The van der Waals surface area contributed by atoms with Crippen LogP contribution in [0.1, 0.15) is 51.4 Å². The largest absolute Gasteiger partial charge is 0.450 e. The molecule has 0 spiro atoms. The van der Waals surface area contributed by atoms with Crippen molar-refractivity contribution in [2.75, 3.05) is 25.6 Å². The van der Waals surface area contributed by atoms with Crippen molar-refractivity contribution < 1.29 is 23.1 Å². The fourth-order valence-corrected chi connectivity index (χ4v) is 4.86. The van der Waals surface area contributed by atoms with E-state index in [1.165, 1.54) is 6.07 Å². The average Bonchev–Trinajstić information content (AvgIpc) is 3.29. The lowest BCUT2D eigenvalue weighted by Crippen LogP contribution is -2.44. The number of nitrogens with zero attached hydrogens (tertiary/aromatic N) is 2. The summed E-state index contributed by atoms with van der Waals surface area (Å²) in [6.45, 7) is 9.14. The Morgan fingerprint density at radius 3 is 2.46 bits per heavy atom. The van der Waals surface area contributed by atoms with Crippen molar-refractivity contribution >= 4 is 23.6 Å². The van der Waals surface area contributed by atoms with Crippen molar-refractivity contribution in [1.29, 1.82) is 0 Å². The van der Waals surface area contributed by atoms with E-state index in [2.05, 4.69) is 5.32 Å². The third-order valence-corrected chi connectivity index (χ3v) is 6.56. The van der Waals surface area contributed by atoms with Crippen LogP contribution in [0.5, 0.6) is 0 Å². The highest BCUT2D eigenvalue weighted by Crippen LogP contribution is 2.41. The molecule has 1 atom stereocenters. The zero-order chi connectivity index (χ0) is 28.6. The molecule has 3 rings (SSSR count). The first-order chi connectivity index (χ1) is 18.5. The Hall–Kier alpha value is -3.39. The highest BCUT2D eigenvalue weighted by molar-refractivity contribution is 6.27. The molecule has 0 aliphatic carbocycles. The lowest BCUT2D eigenvalue weighted by molar-refractivity contribution is -0.133. The Balaban J connectivity index is 2.07. The van der Waals surface area contributed by atoms with Crippen LogP contribution in [0.15, 0.2) is 60.8 Å². The number of amides is 2. The molecule has 0 aliphatic heterocycles. The van der Waals surface area contributed by atoms with E-state index in [4.69, 9.17) is 16.3 Å². The van der Waals surface area contributed by atoms with Crippen LogP contribution in [0.25, 0.3) is 11.1 Å². The number of carbonyl (C=O) groups is 2. The van der Waals surface area contributed by atoms with Gasteiger partial charge in [-0.1, -0.05) is 51.1 Å². The number of aromatic nitrogens is 1. The van der Waals surface area contributed by atoms with Gasteiger partial charge in [0.25, 0.3) is 0 Å². The molecule has 1 N–H and O–H groups in total. The first-order valence-electron chi connectivity index (χ1n) is 13.0. The van der Waals surface area contributed by atoms with Gasteiger partial charge in [0.15, 0.2) is 0 Å². The molecule has 3 aromatic rings. The topological polar surface area (TPSA) is 63.6 Å². The van der Waals surface area contributed by atoms with Gasteiger partial charge in [0.05, 0.1) is 12.6 Å². The zero-order valence-corrected chi connectivity index (χ0v) is 23.6. The highest BCUT2D eigenvalue weighted by Gasteiger charge is 2.36. The van der Waals surface area contributed by atoms with Crippen molar-refractivity contribution in [3.8, 4) is 11.1 Å². The molecule has 0 fully saturated rings. The average molecular weight is 560 g/mol. The summed E-state index contributed by atoms with van der Waals surface area (Å²) in [5, 5.41) is 2.68. The van der Waals surface area contributed by atoms with Crippen LogP contribution in [0.2, 0.25) is 0 Å². The number of hydrogen-bond donors (Lipinski definition) is 1. The molecule has 0 bridgehead atoms. The van der Waals surface area contributed by atoms with E-state index in [1.807, 2.05) is 61.7 Å². The van der Waals surface area contributed by atoms with Gasteiger partial charge in [-0.05, 0) is 48.6 Å². The van der Waals surface area contributed by atoms with Gasteiger partial charge >= 0.3 is 6.09 Å². The standard InChI is InChI=1S/C30H36ClF2N3O3/c1-5-39-29(38)34-14-9-15-36(27(37)18-31)28(30(2,3)4)26-16-22(24-17-23(32)12-13-25(24)33)20-35(26)19-21-10-7-6-8-11-21/h6-8,10-13,16-17,20,28H,5,9,14-15,18-19H2,1-4H3,(H,34,38). The Morgan fingerprint density at radius 1 is 1.10 bits per heavy atom. The lowest BCUT2D eigenvalue weighted by atomic mass is 9.83. The van der Waals surface area contributed by atoms with Crippen LogP contribution >= 0.6 is 11.6 Å². The van der Waals surface area contributed by atoms with Gasteiger partial charge in [-0.25, -0.2) is 13.6 Å². The van der Waals surface area contributed by atoms with Crippen molar-refractivity contribution in [2.45, 2.75) is 46.7 Å². The molecule has 0 saturated carbocycles. The van der Waals surface area contributed by atoms with Crippen LogP contribution < -0.4 is 5.32 Å². The number of ether oxygens (including phenoxy) is 1. The Morgan fingerprint density at radius 2 is 1.82 bits per heavy atom. The quantitative estimate of drug-likeness (QED) is 0.208. The molecule has 1 unspecified atom stereocenters. The minimum absolute atomic E-state index is 0.143. The smallest absolute Gasteiger partial charge is 0.407 e. The van der Waals surface area contributed by atoms with E-state index in [0.717, 1.165) is 23.4 Å². The van der Waals surface area contributed by atoms with Gasteiger partial charge in [0.1, 0.15) is 17.5 Å². The summed E-state index contributed by atoms with van der Waals surface area (Å²) in [5.41, 5.74) is 1.98. The summed E-state index contributed by atoms with van der Waals surface area (Å²) in [4.78, 5) is 26.6. The molecular weight excluding hydrogens is 524 g/mol. The molecule has 39 heavy (non-hydrogen) atoms. The van der Waals surface area contributed by atoms with Crippen LogP contribution in [-0.2, 0) is 16.1 Å². The second-order valence-electron chi connectivity index (χ2n) is 10.4. The third kappa shape index (κ3) is 8.05. The predicted molar refractivity (Wildman–Crippen MR) is 150 cm³/mol. The summed E-state index contributed by atoms with van der Waals surface area (Å²) < 4.78 is 35.8.